The smallest absolute Gasteiger partial charge is 0.335 e. The van der Waals surface area contributed by atoms with Gasteiger partial charge in [0.05, 0.1) is 12.1 Å². The van der Waals surface area contributed by atoms with Gasteiger partial charge in [0.1, 0.15) is 0 Å². The lowest BCUT2D eigenvalue weighted by atomic mass is 10.3. The molecule has 0 saturated carbocycles. The van der Waals surface area contributed by atoms with E-state index >= 15 is 0 Å². The van der Waals surface area contributed by atoms with Gasteiger partial charge in [-0.2, -0.15) is 12.6 Å². The maximum atomic E-state index is 11.5. The Labute approximate surface area is 112 Å². The van der Waals surface area contributed by atoms with Crippen molar-refractivity contribution in [3.05, 3.63) is 0 Å². The molecule has 1 amide bonds. The Morgan fingerprint density at radius 2 is 1.89 bits per heavy atom. The zero-order valence-corrected chi connectivity index (χ0v) is 11.9. The lowest BCUT2D eigenvalue weighted by molar-refractivity contribution is -0.185. The highest BCUT2D eigenvalue weighted by Crippen LogP contribution is 2.06. The van der Waals surface area contributed by atoms with E-state index in [1.165, 1.54) is 13.8 Å². The lowest BCUT2D eigenvalue weighted by Crippen LogP contribution is -2.47. The minimum atomic E-state index is -1.32. The molecule has 7 heteroatoms. The molecule has 0 rings (SSSR count). The first-order valence-corrected chi connectivity index (χ1v) is 6.33. The first-order chi connectivity index (χ1) is 8.27. The van der Waals surface area contributed by atoms with Crippen LogP contribution in [0.15, 0.2) is 0 Å². The number of ether oxygens (including phenoxy) is 2. The minimum absolute atomic E-state index is 0.187. The van der Waals surface area contributed by atoms with Crippen molar-refractivity contribution in [2.24, 2.45) is 0 Å². The summed E-state index contributed by atoms with van der Waals surface area (Å²) in [4.78, 5) is 22.3. The number of rotatable bonds is 7. The summed E-state index contributed by atoms with van der Waals surface area (Å²) in [5.41, 5.74) is 0. The van der Waals surface area contributed by atoms with Crippen molar-refractivity contribution in [1.29, 1.82) is 0 Å². The summed E-state index contributed by atoms with van der Waals surface area (Å²) in [7, 11) is 0. The molecule has 6 nitrogen and oxygen atoms in total. The number of aliphatic hydroxyl groups is 1. The molecule has 0 aliphatic rings. The van der Waals surface area contributed by atoms with Crippen LogP contribution >= 0.6 is 12.6 Å². The quantitative estimate of drug-likeness (QED) is 0.349. The number of carbonyl (C=O) groups excluding carboxylic acids is 2. The molecular weight excluding hydrogens is 258 g/mol. The Balaban J connectivity index is 4.30. The van der Waals surface area contributed by atoms with E-state index in [1.807, 2.05) is 0 Å². The van der Waals surface area contributed by atoms with Gasteiger partial charge in [-0.3, -0.25) is 4.79 Å². The molecule has 3 unspecified atom stereocenters. The predicted molar refractivity (Wildman–Crippen MR) is 69.2 cm³/mol. The van der Waals surface area contributed by atoms with E-state index in [4.69, 9.17) is 9.47 Å². The maximum Gasteiger partial charge on any atom is 0.335 e. The molecule has 0 radical (unpaired) electrons. The molecule has 0 bridgehead atoms. The van der Waals surface area contributed by atoms with Crippen LogP contribution in [-0.4, -0.2) is 47.3 Å². The SMILES string of the molecule is CC(=O)NC(CS)C(O)OC(C)C(=O)OC(C)C. The van der Waals surface area contributed by atoms with Crippen molar-refractivity contribution in [3.8, 4) is 0 Å². The number of carbonyl (C=O) groups is 2. The summed E-state index contributed by atoms with van der Waals surface area (Å²) in [6.07, 6.45) is -2.49. The second kappa shape index (κ2) is 8.34. The molecule has 0 heterocycles. The van der Waals surface area contributed by atoms with Gasteiger partial charge in [-0.05, 0) is 20.8 Å². The Hall–Kier alpha value is -0.790. The van der Waals surface area contributed by atoms with Crippen molar-refractivity contribution >= 4 is 24.5 Å². The lowest BCUT2D eigenvalue weighted by Gasteiger charge is -2.24. The average molecular weight is 279 g/mol. The molecule has 106 valence electrons. The Morgan fingerprint density at radius 3 is 2.28 bits per heavy atom. The topological polar surface area (TPSA) is 84.9 Å². The Morgan fingerprint density at radius 1 is 1.33 bits per heavy atom. The highest BCUT2D eigenvalue weighted by molar-refractivity contribution is 7.80. The van der Waals surface area contributed by atoms with E-state index in [1.54, 1.807) is 13.8 Å². The van der Waals surface area contributed by atoms with Crippen LogP contribution in [0.1, 0.15) is 27.7 Å². The van der Waals surface area contributed by atoms with Gasteiger partial charge in [0.15, 0.2) is 12.4 Å². The molecular formula is C11H21NO5S. The highest BCUT2D eigenvalue weighted by Gasteiger charge is 2.25. The fourth-order valence-corrected chi connectivity index (χ4v) is 1.43. The molecule has 3 atom stereocenters. The van der Waals surface area contributed by atoms with Crippen LogP contribution in [0.2, 0.25) is 0 Å². The summed E-state index contributed by atoms with van der Waals surface area (Å²) in [6.45, 7) is 6.22. The second-order valence-corrected chi connectivity index (χ2v) is 4.51. The van der Waals surface area contributed by atoms with Crippen LogP contribution in [0.25, 0.3) is 0 Å². The molecule has 0 fully saturated rings. The van der Waals surface area contributed by atoms with Gasteiger partial charge < -0.3 is 19.9 Å². The first kappa shape index (κ1) is 17.2. The molecule has 0 aromatic rings. The van der Waals surface area contributed by atoms with Crippen LogP contribution in [-0.2, 0) is 19.1 Å². The molecule has 18 heavy (non-hydrogen) atoms. The molecule has 0 aliphatic heterocycles. The van der Waals surface area contributed by atoms with E-state index in [9.17, 15) is 14.7 Å². The Bertz CT molecular complexity index is 285. The average Bonchev–Trinajstić information content (AvgIpc) is 2.24. The normalized spacial score (nSPS) is 15.9. The largest absolute Gasteiger partial charge is 0.461 e. The van der Waals surface area contributed by atoms with Crippen molar-refractivity contribution in [1.82, 2.24) is 5.32 Å². The molecule has 0 aliphatic carbocycles. The van der Waals surface area contributed by atoms with Gasteiger partial charge in [-0.15, -0.1) is 0 Å². The number of hydrogen-bond acceptors (Lipinski definition) is 6. The third-order valence-electron chi connectivity index (χ3n) is 1.96. The molecule has 0 aromatic carbocycles. The third-order valence-corrected chi connectivity index (χ3v) is 2.35. The van der Waals surface area contributed by atoms with E-state index in [-0.39, 0.29) is 17.8 Å². The predicted octanol–water partition coefficient (Wildman–Crippen LogP) is 0.0960. The number of nitrogens with one attached hydrogen (secondary N) is 1. The number of aliphatic hydroxyl groups excluding tert-OH is 1. The van der Waals surface area contributed by atoms with Crippen molar-refractivity contribution in [2.45, 2.75) is 52.2 Å². The fraction of sp³-hybridized carbons (Fsp3) is 0.818. The van der Waals surface area contributed by atoms with Crippen LogP contribution in [0, 0.1) is 0 Å². The summed E-state index contributed by atoms with van der Waals surface area (Å²) >= 11 is 3.99. The summed E-state index contributed by atoms with van der Waals surface area (Å²) in [6, 6.07) is -0.680. The summed E-state index contributed by atoms with van der Waals surface area (Å²) in [5.74, 6) is -0.689. The number of esters is 1. The van der Waals surface area contributed by atoms with Gasteiger partial charge >= 0.3 is 5.97 Å². The number of thiol groups is 1. The molecule has 0 aromatic heterocycles. The van der Waals surface area contributed by atoms with Crippen LogP contribution in [0.4, 0.5) is 0 Å². The Kier molecular flexibility index (Phi) is 7.97. The highest BCUT2D eigenvalue weighted by atomic mass is 32.1. The van der Waals surface area contributed by atoms with Gasteiger partial charge in [0.2, 0.25) is 5.91 Å². The van der Waals surface area contributed by atoms with Gasteiger partial charge in [0.25, 0.3) is 0 Å². The second-order valence-electron chi connectivity index (χ2n) is 4.14. The molecule has 0 saturated heterocycles. The zero-order valence-electron chi connectivity index (χ0n) is 11.0. The van der Waals surface area contributed by atoms with E-state index < -0.39 is 24.4 Å². The van der Waals surface area contributed by atoms with Gasteiger partial charge in [-0.25, -0.2) is 4.79 Å². The van der Waals surface area contributed by atoms with Crippen molar-refractivity contribution in [3.63, 3.8) is 0 Å². The van der Waals surface area contributed by atoms with E-state index in [0.717, 1.165) is 0 Å². The van der Waals surface area contributed by atoms with Crippen molar-refractivity contribution < 1.29 is 24.2 Å². The summed E-state index contributed by atoms with van der Waals surface area (Å²) < 4.78 is 10.0. The van der Waals surface area contributed by atoms with Crippen LogP contribution < -0.4 is 5.32 Å². The summed E-state index contributed by atoms with van der Waals surface area (Å²) in [5, 5.41) is 12.2. The monoisotopic (exact) mass is 279 g/mol. The van der Waals surface area contributed by atoms with Gasteiger partial charge in [-0.1, -0.05) is 0 Å². The zero-order chi connectivity index (χ0) is 14.3. The van der Waals surface area contributed by atoms with E-state index in [2.05, 4.69) is 17.9 Å². The minimum Gasteiger partial charge on any atom is -0.461 e. The van der Waals surface area contributed by atoms with Crippen LogP contribution in [0.3, 0.4) is 0 Å². The third kappa shape index (κ3) is 6.83. The number of amides is 1. The standard InChI is InChI=1S/C11H21NO5S/c1-6(2)16-10(14)7(3)17-11(15)9(5-18)12-8(4)13/h6-7,9,11,15,18H,5H2,1-4H3,(H,12,13). The first-order valence-electron chi connectivity index (χ1n) is 5.69. The van der Waals surface area contributed by atoms with E-state index in [0.29, 0.717) is 0 Å². The molecule has 2 N–H and O–H groups in total. The number of hydrogen-bond donors (Lipinski definition) is 3. The van der Waals surface area contributed by atoms with Crippen LogP contribution in [0.5, 0.6) is 0 Å². The maximum absolute atomic E-state index is 11.5. The van der Waals surface area contributed by atoms with Crippen molar-refractivity contribution in [2.75, 3.05) is 5.75 Å². The fourth-order valence-electron chi connectivity index (χ4n) is 1.16. The molecule has 0 spiro atoms. The van der Waals surface area contributed by atoms with Gasteiger partial charge in [0, 0.05) is 12.7 Å².